The van der Waals surface area contributed by atoms with Crippen LogP contribution in [0.4, 0.5) is 4.79 Å². The van der Waals surface area contributed by atoms with Crippen LogP contribution in [0.2, 0.25) is 0 Å². The van der Waals surface area contributed by atoms with Crippen molar-refractivity contribution >= 4 is 12.1 Å². The van der Waals surface area contributed by atoms with Crippen molar-refractivity contribution < 1.29 is 19.4 Å². The molecule has 0 aliphatic carbocycles. The van der Waals surface area contributed by atoms with Crippen LogP contribution in [0.15, 0.2) is 24.5 Å². The summed E-state index contributed by atoms with van der Waals surface area (Å²) >= 11 is 0. The first-order valence-electron chi connectivity index (χ1n) is 6.36. The zero-order chi connectivity index (χ0) is 15.2. The Kier molecular flexibility index (Phi) is 5.49. The summed E-state index contributed by atoms with van der Waals surface area (Å²) in [6.45, 7) is 5.67. The third-order valence-corrected chi connectivity index (χ3v) is 2.34. The molecule has 0 radical (unpaired) electrons. The van der Waals surface area contributed by atoms with E-state index in [-0.39, 0.29) is 19.5 Å². The van der Waals surface area contributed by atoms with Gasteiger partial charge in [-0.3, -0.25) is 9.78 Å². The Morgan fingerprint density at radius 3 is 2.60 bits per heavy atom. The Balaban J connectivity index is 2.74. The molecule has 1 N–H and O–H groups in total. The second-order valence-corrected chi connectivity index (χ2v) is 5.41. The Bertz CT molecular complexity index is 454. The Labute approximate surface area is 118 Å². The number of hydrogen-bond acceptors (Lipinski definition) is 4. The molecule has 0 saturated heterocycles. The highest BCUT2D eigenvalue weighted by atomic mass is 16.6. The summed E-state index contributed by atoms with van der Waals surface area (Å²) in [7, 11) is 0. The van der Waals surface area contributed by atoms with Gasteiger partial charge < -0.3 is 14.7 Å². The summed E-state index contributed by atoms with van der Waals surface area (Å²) in [6.07, 6.45) is 2.62. The van der Waals surface area contributed by atoms with Gasteiger partial charge in [0.25, 0.3) is 0 Å². The van der Waals surface area contributed by atoms with Crippen molar-refractivity contribution in [1.29, 1.82) is 0 Å². The van der Waals surface area contributed by atoms with Gasteiger partial charge >= 0.3 is 12.1 Å². The number of pyridine rings is 1. The normalized spacial score (nSPS) is 10.9. The monoisotopic (exact) mass is 280 g/mol. The smallest absolute Gasteiger partial charge is 0.410 e. The minimum absolute atomic E-state index is 0.0964. The molecular formula is C14H20N2O4. The summed E-state index contributed by atoms with van der Waals surface area (Å²) < 4.78 is 5.28. The maximum Gasteiger partial charge on any atom is 0.410 e. The van der Waals surface area contributed by atoms with Crippen molar-refractivity contribution in [3.05, 3.63) is 30.1 Å². The molecule has 0 aliphatic rings. The molecule has 0 bridgehead atoms. The number of amides is 1. The molecule has 1 heterocycles. The van der Waals surface area contributed by atoms with Crippen molar-refractivity contribution in [3.8, 4) is 0 Å². The fraction of sp³-hybridized carbons (Fsp3) is 0.500. The van der Waals surface area contributed by atoms with Gasteiger partial charge in [-0.25, -0.2) is 4.79 Å². The number of carboxylic acids is 1. The van der Waals surface area contributed by atoms with Crippen LogP contribution in [0.3, 0.4) is 0 Å². The predicted molar refractivity (Wildman–Crippen MR) is 73.1 cm³/mol. The molecule has 1 rings (SSSR count). The number of aromatic nitrogens is 1. The summed E-state index contributed by atoms with van der Waals surface area (Å²) in [6, 6.07) is 3.59. The molecular weight excluding hydrogens is 260 g/mol. The lowest BCUT2D eigenvalue weighted by atomic mass is 10.2. The van der Waals surface area contributed by atoms with E-state index in [4.69, 9.17) is 9.84 Å². The molecule has 20 heavy (non-hydrogen) atoms. The lowest BCUT2D eigenvalue weighted by Gasteiger charge is -2.27. The van der Waals surface area contributed by atoms with Crippen LogP contribution in [-0.4, -0.2) is 39.2 Å². The molecule has 0 unspecified atom stereocenters. The zero-order valence-corrected chi connectivity index (χ0v) is 12.0. The zero-order valence-electron chi connectivity index (χ0n) is 12.0. The van der Waals surface area contributed by atoms with E-state index in [1.807, 2.05) is 6.07 Å². The van der Waals surface area contributed by atoms with Crippen LogP contribution in [0.25, 0.3) is 0 Å². The number of ether oxygens (including phenoxy) is 1. The topological polar surface area (TPSA) is 79.7 Å². The van der Waals surface area contributed by atoms with Gasteiger partial charge in [0.15, 0.2) is 0 Å². The van der Waals surface area contributed by atoms with Crippen LogP contribution < -0.4 is 0 Å². The van der Waals surface area contributed by atoms with Crippen LogP contribution in [0, 0.1) is 0 Å². The van der Waals surface area contributed by atoms with E-state index in [0.29, 0.717) is 0 Å². The Morgan fingerprint density at radius 2 is 2.10 bits per heavy atom. The quantitative estimate of drug-likeness (QED) is 0.895. The van der Waals surface area contributed by atoms with E-state index in [1.54, 1.807) is 39.2 Å². The minimum Gasteiger partial charge on any atom is -0.481 e. The largest absolute Gasteiger partial charge is 0.481 e. The van der Waals surface area contributed by atoms with Gasteiger partial charge in [0.1, 0.15) is 5.60 Å². The molecule has 0 atom stereocenters. The average Bonchev–Trinajstić information content (AvgIpc) is 2.33. The lowest BCUT2D eigenvalue weighted by molar-refractivity contribution is -0.137. The standard InChI is InChI=1S/C14H20N2O4/c1-14(2,3)20-13(19)16(8-6-12(17)18)10-11-5-4-7-15-9-11/h4-5,7,9H,6,8,10H2,1-3H3,(H,17,18). The third-order valence-electron chi connectivity index (χ3n) is 2.34. The van der Waals surface area contributed by atoms with Crippen molar-refractivity contribution in [2.75, 3.05) is 6.54 Å². The molecule has 1 aromatic rings. The van der Waals surface area contributed by atoms with Crippen molar-refractivity contribution in [2.24, 2.45) is 0 Å². The molecule has 0 saturated carbocycles. The van der Waals surface area contributed by atoms with Gasteiger partial charge in [-0.05, 0) is 32.4 Å². The van der Waals surface area contributed by atoms with Crippen molar-refractivity contribution in [2.45, 2.75) is 39.3 Å². The number of aliphatic carboxylic acids is 1. The summed E-state index contributed by atoms with van der Waals surface area (Å²) in [5.41, 5.74) is 0.205. The SMILES string of the molecule is CC(C)(C)OC(=O)N(CCC(=O)O)Cc1cccnc1. The first-order valence-corrected chi connectivity index (χ1v) is 6.36. The Morgan fingerprint density at radius 1 is 1.40 bits per heavy atom. The van der Waals surface area contributed by atoms with Gasteiger partial charge in [-0.15, -0.1) is 0 Å². The van der Waals surface area contributed by atoms with Crippen LogP contribution in [-0.2, 0) is 16.1 Å². The van der Waals surface area contributed by atoms with Crippen LogP contribution >= 0.6 is 0 Å². The molecule has 110 valence electrons. The minimum atomic E-state index is -0.954. The highest BCUT2D eigenvalue weighted by molar-refractivity contribution is 5.70. The van der Waals surface area contributed by atoms with Gasteiger partial charge in [-0.1, -0.05) is 6.07 Å². The molecule has 0 aliphatic heterocycles. The van der Waals surface area contributed by atoms with Gasteiger partial charge in [0, 0.05) is 18.9 Å². The molecule has 0 spiro atoms. The molecule has 1 aromatic heterocycles. The average molecular weight is 280 g/mol. The van der Waals surface area contributed by atoms with Gasteiger partial charge in [-0.2, -0.15) is 0 Å². The maximum absolute atomic E-state index is 12.1. The van der Waals surface area contributed by atoms with Crippen molar-refractivity contribution in [3.63, 3.8) is 0 Å². The fourth-order valence-electron chi connectivity index (χ4n) is 1.50. The van der Waals surface area contributed by atoms with E-state index in [0.717, 1.165) is 5.56 Å². The van der Waals surface area contributed by atoms with Gasteiger partial charge in [0.05, 0.1) is 13.0 Å². The number of carboxylic acid groups (broad SMARTS) is 1. The van der Waals surface area contributed by atoms with Crippen LogP contribution in [0.5, 0.6) is 0 Å². The molecule has 0 aromatic carbocycles. The van der Waals surface area contributed by atoms with Crippen LogP contribution in [0.1, 0.15) is 32.8 Å². The highest BCUT2D eigenvalue weighted by Crippen LogP contribution is 2.12. The number of carbonyl (C=O) groups is 2. The fourth-order valence-corrected chi connectivity index (χ4v) is 1.50. The Hall–Kier alpha value is -2.11. The molecule has 0 fully saturated rings. The van der Waals surface area contributed by atoms with Gasteiger partial charge in [0.2, 0.25) is 0 Å². The highest BCUT2D eigenvalue weighted by Gasteiger charge is 2.22. The number of rotatable bonds is 5. The number of carbonyl (C=O) groups excluding carboxylic acids is 1. The van der Waals surface area contributed by atoms with E-state index in [2.05, 4.69) is 4.98 Å². The van der Waals surface area contributed by atoms with E-state index < -0.39 is 17.7 Å². The number of nitrogens with zero attached hydrogens (tertiary/aromatic N) is 2. The lowest BCUT2D eigenvalue weighted by Crippen LogP contribution is -2.37. The van der Waals surface area contributed by atoms with E-state index in [9.17, 15) is 9.59 Å². The second kappa shape index (κ2) is 6.88. The molecule has 6 heteroatoms. The summed E-state index contributed by atoms with van der Waals surface area (Å²) in [4.78, 5) is 28.1. The van der Waals surface area contributed by atoms with Crippen molar-refractivity contribution in [1.82, 2.24) is 9.88 Å². The third kappa shape index (κ3) is 6.17. The summed E-state index contributed by atoms with van der Waals surface area (Å²) in [5.74, 6) is -0.954. The molecule has 6 nitrogen and oxygen atoms in total. The second-order valence-electron chi connectivity index (χ2n) is 5.41. The van der Waals surface area contributed by atoms with E-state index in [1.165, 1.54) is 4.90 Å². The molecule has 1 amide bonds. The maximum atomic E-state index is 12.1. The first-order chi connectivity index (χ1) is 9.28. The number of hydrogen-bond donors (Lipinski definition) is 1. The summed E-state index contributed by atoms with van der Waals surface area (Å²) in [5, 5.41) is 8.75. The van der Waals surface area contributed by atoms with E-state index >= 15 is 0 Å². The predicted octanol–water partition coefficient (Wildman–Crippen LogP) is 2.29. The first kappa shape index (κ1) is 15.9.